The molecule has 2 N–H and O–H groups in total. The van der Waals surface area contributed by atoms with Crippen molar-refractivity contribution >= 4 is 27.1 Å². The molecule has 6 rings (SSSR count). The van der Waals surface area contributed by atoms with E-state index >= 15 is 0 Å². The first-order chi connectivity index (χ1) is 14.6. The Kier molecular flexibility index (Phi) is 3.76. The number of methoxy groups -OCH3 is 1. The lowest BCUT2D eigenvalue weighted by molar-refractivity contribution is 0.419. The lowest BCUT2D eigenvalue weighted by Gasteiger charge is -2.17. The first kappa shape index (κ1) is 17.9. The number of hydrogen-bond donors (Lipinski definition) is 2. The molecule has 1 aliphatic heterocycles. The van der Waals surface area contributed by atoms with Gasteiger partial charge in [0.05, 0.1) is 17.3 Å². The largest absolute Gasteiger partial charge is 0.494 e. The summed E-state index contributed by atoms with van der Waals surface area (Å²) in [6.07, 6.45) is 3.90. The van der Waals surface area contributed by atoms with Crippen molar-refractivity contribution in [2.75, 3.05) is 7.11 Å². The van der Waals surface area contributed by atoms with Crippen LogP contribution in [0.1, 0.15) is 48.4 Å². The fourth-order valence-corrected chi connectivity index (χ4v) is 5.73. The Hall–Kier alpha value is -2.90. The standard InChI is InChI=1S/C23H21N3O3S/c1-11-15-6-5-13(9-14(15)10-24-11)16-7-8-26-19(20(16)29-2)17(12-3-4-12)21-18(23(26)28)22(27)25-30-21/h5-9,11-12,24H,3-4,10H2,1-2H3,(H,25,27)/t11-/m1/s1. The SMILES string of the molecule is COc1c(-c2ccc3c(c2)CN[C@@H]3C)ccn2c(=O)c3c(=O)[nH]sc3c(C3CC3)c12. The van der Waals surface area contributed by atoms with Gasteiger partial charge < -0.3 is 10.1 Å². The van der Waals surface area contributed by atoms with Gasteiger partial charge in [0, 0.05) is 29.9 Å². The van der Waals surface area contributed by atoms with E-state index in [4.69, 9.17) is 4.74 Å². The number of fused-ring (bicyclic) bond motifs is 3. The molecule has 1 aromatic carbocycles. The molecule has 6 nitrogen and oxygen atoms in total. The lowest BCUT2D eigenvalue weighted by atomic mass is 9.97. The van der Waals surface area contributed by atoms with Gasteiger partial charge in [-0.2, -0.15) is 0 Å². The van der Waals surface area contributed by atoms with Gasteiger partial charge in [0.25, 0.3) is 11.1 Å². The number of hydrogen-bond acceptors (Lipinski definition) is 5. The average molecular weight is 420 g/mol. The van der Waals surface area contributed by atoms with Crippen LogP contribution in [0.25, 0.3) is 26.7 Å². The third-order valence-corrected chi connectivity index (χ3v) is 7.35. The molecule has 0 spiro atoms. The quantitative estimate of drug-likeness (QED) is 0.528. The molecule has 1 saturated carbocycles. The predicted octanol–water partition coefficient (Wildman–Crippen LogP) is 3.92. The number of aromatic nitrogens is 2. The smallest absolute Gasteiger partial charge is 0.271 e. The Morgan fingerprint density at radius 1 is 1.20 bits per heavy atom. The Bertz CT molecular complexity index is 1460. The number of H-pyrrole nitrogens is 1. The van der Waals surface area contributed by atoms with Crippen LogP contribution in [0.3, 0.4) is 0 Å². The van der Waals surface area contributed by atoms with Gasteiger partial charge in [-0.15, -0.1) is 0 Å². The van der Waals surface area contributed by atoms with E-state index in [-0.39, 0.29) is 16.5 Å². The fourth-order valence-electron chi connectivity index (χ4n) is 4.78. The monoisotopic (exact) mass is 419 g/mol. The lowest BCUT2D eigenvalue weighted by Crippen LogP contribution is -2.20. The molecule has 152 valence electrons. The van der Waals surface area contributed by atoms with Crippen LogP contribution in [0.5, 0.6) is 5.75 Å². The summed E-state index contributed by atoms with van der Waals surface area (Å²) in [5.74, 6) is 1.04. The number of rotatable bonds is 3. The molecule has 2 aliphatic rings. The summed E-state index contributed by atoms with van der Waals surface area (Å²) in [6, 6.07) is 8.79. The minimum absolute atomic E-state index is 0.256. The van der Waals surface area contributed by atoms with E-state index in [9.17, 15) is 9.59 Å². The minimum Gasteiger partial charge on any atom is -0.494 e. The van der Waals surface area contributed by atoms with Crippen molar-refractivity contribution in [3.05, 3.63) is 67.9 Å². The predicted molar refractivity (Wildman–Crippen MR) is 119 cm³/mol. The maximum absolute atomic E-state index is 13.2. The van der Waals surface area contributed by atoms with E-state index in [2.05, 4.69) is 34.8 Å². The van der Waals surface area contributed by atoms with Crippen molar-refractivity contribution in [1.82, 2.24) is 14.1 Å². The average Bonchev–Trinajstić information content (AvgIpc) is 3.43. The first-order valence-corrected chi connectivity index (χ1v) is 11.0. The summed E-state index contributed by atoms with van der Waals surface area (Å²) in [4.78, 5) is 25.5. The highest BCUT2D eigenvalue weighted by Gasteiger charge is 2.32. The Labute approximate surface area is 176 Å². The number of nitrogens with one attached hydrogen (secondary N) is 2. The second kappa shape index (κ2) is 6.30. The summed E-state index contributed by atoms with van der Waals surface area (Å²) < 4.78 is 11.0. The molecule has 4 aromatic rings. The Balaban J connectivity index is 1.70. The normalized spacial score (nSPS) is 18.3. The number of aromatic amines is 1. The van der Waals surface area contributed by atoms with Crippen LogP contribution in [-0.4, -0.2) is 15.9 Å². The van der Waals surface area contributed by atoms with Crippen molar-refractivity contribution in [1.29, 1.82) is 0 Å². The highest BCUT2D eigenvalue weighted by Crippen LogP contribution is 2.48. The summed E-state index contributed by atoms with van der Waals surface area (Å²) in [5.41, 5.74) is 5.90. The molecule has 3 aromatic heterocycles. The highest BCUT2D eigenvalue weighted by atomic mass is 32.1. The van der Waals surface area contributed by atoms with Gasteiger partial charge in [-0.25, -0.2) is 0 Å². The molecule has 0 radical (unpaired) electrons. The van der Waals surface area contributed by atoms with E-state index in [0.717, 1.165) is 46.3 Å². The number of benzene rings is 1. The van der Waals surface area contributed by atoms with E-state index in [0.29, 0.717) is 17.7 Å². The molecule has 7 heteroatoms. The Morgan fingerprint density at radius 3 is 2.80 bits per heavy atom. The number of nitrogens with zero attached hydrogens (tertiary/aromatic N) is 1. The molecule has 0 unspecified atom stereocenters. The zero-order valence-electron chi connectivity index (χ0n) is 16.7. The Morgan fingerprint density at radius 2 is 2.03 bits per heavy atom. The third-order valence-electron chi connectivity index (χ3n) is 6.43. The molecule has 0 amide bonds. The third kappa shape index (κ3) is 2.39. The summed E-state index contributed by atoms with van der Waals surface area (Å²) >= 11 is 1.26. The molecule has 30 heavy (non-hydrogen) atoms. The molecule has 4 heterocycles. The van der Waals surface area contributed by atoms with Crippen LogP contribution in [0.4, 0.5) is 0 Å². The summed E-state index contributed by atoms with van der Waals surface area (Å²) in [7, 11) is 1.65. The van der Waals surface area contributed by atoms with Gasteiger partial charge in [0.1, 0.15) is 5.39 Å². The summed E-state index contributed by atoms with van der Waals surface area (Å²) in [6.45, 7) is 3.02. The van der Waals surface area contributed by atoms with E-state index in [1.165, 1.54) is 22.7 Å². The van der Waals surface area contributed by atoms with E-state index < -0.39 is 0 Å². The second-order valence-electron chi connectivity index (χ2n) is 8.23. The van der Waals surface area contributed by atoms with Gasteiger partial charge in [-0.05, 0) is 54.5 Å². The number of pyridine rings is 2. The van der Waals surface area contributed by atoms with Crippen LogP contribution >= 0.6 is 11.5 Å². The van der Waals surface area contributed by atoms with Gasteiger partial charge in [0.2, 0.25) is 0 Å². The van der Waals surface area contributed by atoms with Gasteiger partial charge in [-0.3, -0.25) is 18.4 Å². The highest BCUT2D eigenvalue weighted by molar-refractivity contribution is 7.13. The first-order valence-electron chi connectivity index (χ1n) is 10.2. The maximum atomic E-state index is 13.2. The molecule has 0 bridgehead atoms. The topological polar surface area (TPSA) is 75.6 Å². The van der Waals surface area contributed by atoms with Gasteiger partial charge in [0.15, 0.2) is 5.75 Å². The van der Waals surface area contributed by atoms with Crippen molar-refractivity contribution in [3.63, 3.8) is 0 Å². The molecule has 0 saturated heterocycles. The van der Waals surface area contributed by atoms with Crippen LogP contribution in [0.15, 0.2) is 40.1 Å². The maximum Gasteiger partial charge on any atom is 0.271 e. The van der Waals surface area contributed by atoms with Crippen molar-refractivity contribution in [2.45, 2.75) is 38.3 Å². The summed E-state index contributed by atoms with van der Waals surface area (Å²) in [5, 5.41) is 3.73. The van der Waals surface area contributed by atoms with Crippen molar-refractivity contribution in [3.8, 4) is 16.9 Å². The van der Waals surface area contributed by atoms with Crippen LogP contribution < -0.4 is 21.2 Å². The minimum atomic E-state index is -0.306. The molecular weight excluding hydrogens is 398 g/mol. The zero-order valence-corrected chi connectivity index (χ0v) is 17.6. The number of ether oxygens (including phenoxy) is 1. The van der Waals surface area contributed by atoms with Crippen LogP contribution in [0, 0.1) is 0 Å². The van der Waals surface area contributed by atoms with Crippen LogP contribution in [-0.2, 0) is 6.54 Å². The van der Waals surface area contributed by atoms with Gasteiger partial charge in [-0.1, -0.05) is 23.7 Å². The fraction of sp³-hybridized carbons (Fsp3) is 0.304. The molecule has 1 aliphatic carbocycles. The molecule has 1 atom stereocenters. The second-order valence-corrected chi connectivity index (χ2v) is 9.04. The van der Waals surface area contributed by atoms with E-state index in [1.54, 1.807) is 17.7 Å². The molecular formula is C23H21N3O3S. The van der Waals surface area contributed by atoms with Crippen molar-refractivity contribution in [2.24, 2.45) is 0 Å². The van der Waals surface area contributed by atoms with E-state index in [1.807, 2.05) is 6.07 Å². The van der Waals surface area contributed by atoms with Crippen LogP contribution in [0.2, 0.25) is 0 Å². The zero-order chi connectivity index (χ0) is 20.6. The molecule has 1 fully saturated rings. The van der Waals surface area contributed by atoms with Gasteiger partial charge >= 0.3 is 0 Å². The van der Waals surface area contributed by atoms with Crippen molar-refractivity contribution < 1.29 is 4.74 Å².